The number of benzene rings is 1. The molecule has 4 rings (SSSR count). The lowest BCUT2D eigenvalue weighted by atomic mass is 10.0. The van der Waals surface area contributed by atoms with Crippen molar-refractivity contribution in [1.29, 1.82) is 0 Å². The van der Waals surface area contributed by atoms with E-state index in [-0.39, 0.29) is 23.7 Å². The summed E-state index contributed by atoms with van der Waals surface area (Å²) < 4.78 is 26.5. The van der Waals surface area contributed by atoms with Crippen molar-refractivity contribution in [2.75, 3.05) is 38.7 Å². The van der Waals surface area contributed by atoms with Crippen molar-refractivity contribution in [2.45, 2.75) is 31.8 Å². The summed E-state index contributed by atoms with van der Waals surface area (Å²) in [5.74, 6) is 1.11. The molecule has 1 aromatic heterocycles. The van der Waals surface area contributed by atoms with Gasteiger partial charge in [-0.15, -0.1) is 0 Å². The van der Waals surface area contributed by atoms with Crippen LogP contribution < -0.4 is 10.1 Å². The number of halogens is 1. The predicted octanol–water partition coefficient (Wildman–Crippen LogP) is 2.84. The number of hydrogen-bond acceptors (Lipinski definition) is 5. The maximum Gasteiger partial charge on any atom is 0.231 e. The largest absolute Gasteiger partial charge is 0.497 e. The van der Waals surface area contributed by atoms with Crippen LogP contribution >= 0.6 is 0 Å². The summed E-state index contributed by atoms with van der Waals surface area (Å²) in [6.45, 7) is 3.36. The number of amides is 1. The third-order valence-corrected chi connectivity index (χ3v) is 5.77. The number of hydrogen-bond donors (Lipinski definition) is 1. The lowest BCUT2D eigenvalue weighted by Crippen LogP contribution is -2.35. The smallest absolute Gasteiger partial charge is 0.231 e. The summed E-state index contributed by atoms with van der Waals surface area (Å²) in [6.07, 6.45) is 4.27. The fourth-order valence-corrected chi connectivity index (χ4v) is 4.04. The zero-order valence-electron chi connectivity index (χ0n) is 16.6. The van der Waals surface area contributed by atoms with Crippen LogP contribution in [0.1, 0.15) is 30.9 Å². The Kier molecular flexibility index (Phi) is 6.10. The highest BCUT2D eigenvalue weighted by atomic mass is 19.1. The van der Waals surface area contributed by atoms with Gasteiger partial charge in [-0.2, -0.15) is 5.10 Å². The van der Waals surface area contributed by atoms with Gasteiger partial charge in [0.05, 0.1) is 31.9 Å². The molecule has 1 aromatic carbocycles. The summed E-state index contributed by atoms with van der Waals surface area (Å²) in [5, 5.41) is 7.45. The molecule has 2 aromatic rings. The van der Waals surface area contributed by atoms with Crippen LogP contribution in [0.5, 0.6) is 5.75 Å². The molecule has 1 amide bonds. The van der Waals surface area contributed by atoms with E-state index in [1.807, 2.05) is 10.7 Å². The Morgan fingerprint density at radius 2 is 2.14 bits per heavy atom. The van der Waals surface area contributed by atoms with E-state index in [2.05, 4.69) is 15.3 Å². The average Bonchev–Trinajstić information content (AvgIpc) is 3.42. The number of likely N-dealkylation sites (tertiary alicyclic amines) is 1. The van der Waals surface area contributed by atoms with Gasteiger partial charge in [0.2, 0.25) is 5.91 Å². The lowest BCUT2D eigenvalue weighted by molar-refractivity contribution is -0.119. The molecule has 2 aliphatic heterocycles. The molecule has 0 saturated carbocycles. The monoisotopic (exact) mass is 402 g/mol. The van der Waals surface area contributed by atoms with Crippen molar-refractivity contribution in [3.63, 3.8) is 0 Å². The Hall–Kier alpha value is -2.45. The van der Waals surface area contributed by atoms with Crippen LogP contribution in [-0.4, -0.2) is 54.0 Å². The van der Waals surface area contributed by atoms with Crippen molar-refractivity contribution in [3.05, 3.63) is 41.8 Å². The molecule has 0 aliphatic carbocycles. The zero-order valence-corrected chi connectivity index (χ0v) is 16.6. The van der Waals surface area contributed by atoms with Crippen molar-refractivity contribution < 1.29 is 18.7 Å². The predicted molar refractivity (Wildman–Crippen MR) is 106 cm³/mol. The minimum atomic E-state index is -0.208. The molecule has 2 saturated heterocycles. The number of nitrogens with one attached hydrogen (secondary N) is 1. The molecule has 8 heteroatoms. The van der Waals surface area contributed by atoms with E-state index < -0.39 is 0 Å². The van der Waals surface area contributed by atoms with Gasteiger partial charge in [-0.25, -0.2) is 9.07 Å². The van der Waals surface area contributed by atoms with Gasteiger partial charge in [0.1, 0.15) is 17.4 Å². The third-order valence-electron chi connectivity index (χ3n) is 5.77. The quantitative estimate of drug-likeness (QED) is 0.805. The van der Waals surface area contributed by atoms with Crippen LogP contribution in [-0.2, 0) is 16.1 Å². The number of aromatic nitrogens is 2. The second kappa shape index (κ2) is 8.92. The Balaban J connectivity index is 1.34. The summed E-state index contributed by atoms with van der Waals surface area (Å²) in [7, 11) is 1.59. The van der Waals surface area contributed by atoms with Crippen molar-refractivity contribution in [3.8, 4) is 5.75 Å². The first kappa shape index (κ1) is 19.8. The first-order valence-corrected chi connectivity index (χ1v) is 10.1. The van der Waals surface area contributed by atoms with Gasteiger partial charge >= 0.3 is 0 Å². The number of carbonyl (C=O) groups excluding carboxylic acids is 1. The normalized spacial score (nSPS) is 20.7. The Bertz CT molecular complexity index is 842. The average molecular weight is 402 g/mol. The fourth-order valence-electron chi connectivity index (χ4n) is 4.04. The minimum absolute atomic E-state index is 0.00446. The van der Waals surface area contributed by atoms with E-state index in [9.17, 15) is 9.18 Å². The maximum absolute atomic E-state index is 14.1. The number of rotatable bonds is 6. The van der Waals surface area contributed by atoms with E-state index >= 15 is 0 Å². The Morgan fingerprint density at radius 3 is 2.86 bits per heavy atom. The zero-order chi connectivity index (χ0) is 20.2. The highest BCUT2D eigenvalue weighted by Crippen LogP contribution is 2.28. The lowest BCUT2D eigenvalue weighted by Gasteiger charge is -2.32. The van der Waals surface area contributed by atoms with E-state index in [1.165, 1.54) is 6.07 Å². The molecule has 3 heterocycles. The van der Waals surface area contributed by atoms with Gasteiger partial charge in [-0.3, -0.25) is 9.69 Å². The second-order valence-corrected chi connectivity index (χ2v) is 7.68. The van der Waals surface area contributed by atoms with Gasteiger partial charge < -0.3 is 14.8 Å². The fraction of sp³-hybridized carbons (Fsp3) is 0.524. The minimum Gasteiger partial charge on any atom is -0.497 e. The summed E-state index contributed by atoms with van der Waals surface area (Å²) in [4.78, 5) is 14.6. The first-order valence-electron chi connectivity index (χ1n) is 10.1. The molecule has 156 valence electrons. The van der Waals surface area contributed by atoms with E-state index in [4.69, 9.17) is 9.47 Å². The van der Waals surface area contributed by atoms with Crippen molar-refractivity contribution in [2.24, 2.45) is 5.92 Å². The Morgan fingerprint density at radius 1 is 1.31 bits per heavy atom. The van der Waals surface area contributed by atoms with Crippen LogP contribution in [0, 0.1) is 11.7 Å². The van der Waals surface area contributed by atoms with Crippen LogP contribution in [0.25, 0.3) is 0 Å². The number of ether oxygens (including phenoxy) is 2. The molecular formula is C21H27FN4O3. The molecule has 1 N–H and O–H groups in total. The molecule has 2 fully saturated rings. The molecule has 29 heavy (non-hydrogen) atoms. The van der Waals surface area contributed by atoms with Gasteiger partial charge in [0, 0.05) is 37.9 Å². The number of anilines is 1. The third kappa shape index (κ3) is 4.59. The number of nitrogens with zero attached hydrogens (tertiary/aromatic N) is 3. The molecule has 2 aliphatic rings. The van der Waals surface area contributed by atoms with Gasteiger partial charge in [0.25, 0.3) is 0 Å². The first-order chi connectivity index (χ1) is 14.1. The van der Waals surface area contributed by atoms with Gasteiger partial charge in [-0.05, 0) is 37.5 Å². The maximum atomic E-state index is 14.1. The molecule has 1 atom stereocenters. The molecule has 0 bridgehead atoms. The van der Waals surface area contributed by atoms with Crippen molar-refractivity contribution in [1.82, 2.24) is 14.7 Å². The van der Waals surface area contributed by atoms with Crippen molar-refractivity contribution >= 4 is 11.7 Å². The van der Waals surface area contributed by atoms with E-state index in [0.717, 1.165) is 38.2 Å². The number of carbonyl (C=O) groups is 1. The molecule has 0 radical (unpaired) electrons. The van der Waals surface area contributed by atoms with E-state index in [1.54, 1.807) is 25.4 Å². The summed E-state index contributed by atoms with van der Waals surface area (Å²) in [6, 6.07) is 6.90. The summed E-state index contributed by atoms with van der Waals surface area (Å²) >= 11 is 0. The van der Waals surface area contributed by atoms with Gasteiger partial charge in [-0.1, -0.05) is 0 Å². The van der Waals surface area contributed by atoms with Crippen LogP contribution in [0.2, 0.25) is 0 Å². The van der Waals surface area contributed by atoms with Crippen LogP contribution in [0.3, 0.4) is 0 Å². The number of piperidine rings is 1. The topological polar surface area (TPSA) is 68.6 Å². The molecule has 0 unspecified atom stereocenters. The highest BCUT2D eigenvalue weighted by Gasteiger charge is 2.27. The molecule has 7 nitrogen and oxygen atoms in total. The second-order valence-electron chi connectivity index (χ2n) is 7.68. The number of methoxy groups -OCH3 is 1. The molecular weight excluding hydrogens is 375 g/mol. The van der Waals surface area contributed by atoms with Crippen LogP contribution in [0.4, 0.5) is 10.2 Å². The SMILES string of the molecule is COc1ccc(F)c(CN2CCC(n3nccc3NC(=O)[C@@H]3CCOC3)CC2)c1. The Labute approximate surface area is 169 Å². The molecule has 0 spiro atoms. The summed E-state index contributed by atoms with van der Waals surface area (Å²) in [5.41, 5.74) is 0.647. The standard InChI is InChI=1S/C21H27FN4O3/c1-28-18-2-3-19(22)16(12-18)13-25-9-5-17(6-10-25)26-20(4-8-23-26)24-21(27)15-7-11-29-14-15/h2-4,8,12,15,17H,5-7,9-11,13-14H2,1H3,(H,24,27)/t15-/m1/s1. The highest BCUT2D eigenvalue weighted by molar-refractivity contribution is 5.92. The van der Waals surface area contributed by atoms with Gasteiger partial charge in [0.15, 0.2) is 0 Å². The van der Waals surface area contributed by atoms with Crippen LogP contribution in [0.15, 0.2) is 30.5 Å². The van der Waals surface area contributed by atoms with E-state index in [0.29, 0.717) is 31.1 Å².